The Kier molecular flexibility index (Phi) is 9.46. The van der Waals surface area contributed by atoms with Gasteiger partial charge in [0.1, 0.15) is 0 Å². The Bertz CT molecular complexity index is 121. The summed E-state index contributed by atoms with van der Waals surface area (Å²) in [5, 5.41) is 0. The molecule has 0 unspecified atom stereocenters. The van der Waals surface area contributed by atoms with E-state index in [4.69, 9.17) is 8.85 Å². The predicted octanol–water partition coefficient (Wildman–Crippen LogP) is -3.11. The lowest BCUT2D eigenvalue weighted by Crippen LogP contribution is -3.05. The zero-order valence-corrected chi connectivity index (χ0v) is 11.1. The number of rotatable bonds is 6. The molecular weight excluding hydrogens is 206 g/mol. The van der Waals surface area contributed by atoms with E-state index in [1.807, 2.05) is 0 Å². The van der Waals surface area contributed by atoms with E-state index in [1.165, 1.54) is 17.9 Å². The molecule has 0 aliphatic rings. The van der Waals surface area contributed by atoms with Crippen LogP contribution in [-0.2, 0) is 8.85 Å². The number of hydrogen-bond donors (Lipinski definition) is 1. The van der Waals surface area contributed by atoms with Gasteiger partial charge in [-0.25, -0.2) is 0 Å². The molecule has 0 amide bonds. The molecule has 0 rings (SSSR count). The molecule has 0 aliphatic carbocycles. The summed E-state index contributed by atoms with van der Waals surface area (Å²) in [4.78, 5) is 1.48. The van der Waals surface area contributed by atoms with E-state index < -0.39 is 8.56 Å². The van der Waals surface area contributed by atoms with Crippen LogP contribution >= 0.6 is 0 Å². The van der Waals surface area contributed by atoms with Crippen molar-refractivity contribution in [3.8, 4) is 0 Å². The smallest absolute Gasteiger partial charge is 0.334 e. The van der Waals surface area contributed by atoms with Gasteiger partial charge in [0.15, 0.2) is 0 Å². The van der Waals surface area contributed by atoms with Gasteiger partial charge in [-0.05, 0) is 19.0 Å². The normalized spacial score (nSPS) is 11.5. The van der Waals surface area contributed by atoms with Crippen molar-refractivity contribution in [2.75, 3.05) is 34.9 Å². The maximum absolute atomic E-state index is 5.38. The minimum atomic E-state index is -1.78. The van der Waals surface area contributed by atoms with Crippen LogP contribution in [0.4, 0.5) is 0 Å². The lowest BCUT2D eigenvalue weighted by atomic mass is 10.5. The molecule has 0 aromatic rings. The van der Waals surface area contributed by atoms with E-state index in [9.17, 15) is 0 Å². The monoisotopic (exact) mass is 227 g/mol. The molecule has 0 saturated heterocycles. The third kappa shape index (κ3) is 7.46. The van der Waals surface area contributed by atoms with Crippen molar-refractivity contribution >= 4 is 8.56 Å². The zero-order chi connectivity index (χ0) is 9.61. The first-order valence-electron chi connectivity index (χ1n) is 4.43. The third-order valence-corrected chi connectivity index (χ3v) is 5.16. The van der Waals surface area contributed by atoms with Crippen LogP contribution in [0, 0.1) is 0 Å². The maximum atomic E-state index is 5.38. The van der Waals surface area contributed by atoms with Crippen LogP contribution in [0.1, 0.15) is 6.42 Å². The Morgan fingerprint density at radius 2 is 1.62 bits per heavy atom. The van der Waals surface area contributed by atoms with E-state index >= 15 is 0 Å². The SMILES string of the molecule is CO[Si](C)(CCC[NH+](C)C)OC.[Cl-]. The fourth-order valence-electron chi connectivity index (χ4n) is 1.05. The summed E-state index contributed by atoms with van der Waals surface area (Å²) in [6.45, 7) is 3.30. The van der Waals surface area contributed by atoms with E-state index in [1.54, 1.807) is 14.2 Å². The Morgan fingerprint density at radius 1 is 1.15 bits per heavy atom. The van der Waals surface area contributed by atoms with Gasteiger partial charge >= 0.3 is 8.56 Å². The molecule has 0 heterocycles. The van der Waals surface area contributed by atoms with E-state index in [0.717, 1.165) is 6.04 Å². The van der Waals surface area contributed by atoms with Crippen LogP contribution in [-0.4, -0.2) is 43.4 Å². The average Bonchev–Trinajstić information content (AvgIpc) is 2.03. The van der Waals surface area contributed by atoms with Crippen LogP contribution in [0.25, 0.3) is 0 Å². The predicted molar refractivity (Wildman–Crippen MR) is 52.7 cm³/mol. The average molecular weight is 228 g/mol. The molecule has 0 spiro atoms. The summed E-state index contributed by atoms with van der Waals surface area (Å²) in [6.07, 6.45) is 1.19. The largest absolute Gasteiger partial charge is 1.00 e. The van der Waals surface area contributed by atoms with Gasteiger partial charge in [0.05, 0.1) is 20.6 Å². The van der Waals surface area contributed by atoms with Crippen LogP contribution in [0.2, 0.25) is 12.6 Å². The minimum absolute atomic E-state index is 0. The van der Waals surface area contributed by atoms with E-state index in [-0.39, 0.29) is 12.4 Å². The minimum Gasteiger partial charge on any atom is -1.00 e. The Labute approximate surface area is 89.1 Å². The highest BCUT2D eigenvalue weighted by atomic mass is 35.5. The molecule has 3 nitrogen and oxygen atoms in total. The summed E-state index contributed by atoms with van der Waals surface area (Å²) in [6, 6.07) is 1.09. The van der Waals surface area contributed by atoms with Gasteiger partial charge in [-0.2, -0.15) is 0 Å². The molecule has 0 aliphatic heterocycles. The van der Waals surface area contributed by atoms with E-state index in [2.05, 4.69) is 20.6 Å². The maximum Gasteiger partial charge on any atom is 0.334 e. The van der Waals surface area contributed by atoms with Gasteiger partial charge in [0.25, 0.3) is 0 Å². The van der Waals surface area contributed by atoms with Crippen molar-refractivity contribution < 1.29 is 26.2 Å². The summed E-state index contributed by atoms with van der Waals surface area (Å²) in [5.74, 6) is 0. The van der Waals surface area contributed by atoms with Crippen molar-refractivity contribution in [3.63, 3.8) is 0 Å². The third-order valence-electron chi connectivity index (χ3n) is 2.17. The van der Waals surface area contributed by atoms with Crippen molar-refractivity contribution in [3.05, 3.63) is 0 Å². The van der Waals surface area contributed by atoms with Gasteiger partial charge in [-0.15, -0.1) is 0 Å². The fourth-order valence-corrected chi connectivity index (χ4v) is 2.44. The molecule has 0 atom stereocenters. The highest BCUT2D eigenvalue weighted by Crippen LogP contribution is 2.12. The van der Waals surface area contributed by atoms with Crippen LogP contribution in [0.15, 0.2) is 0 Å². The highest BCUT2D eigenvalue weighted by molar-refractivity contribution is 6.65. The second kappa shape index (κ2) is 7.76. The molecule has 1 N–H and O–H groups in total. The number of halogens is 1. The first kappa shape index (κ1) is 15.8. The summed E-state index contributed by atoms with van der Waals surface area (Å²) >= 11 is 0. The summed E-state index contributed by atoms with van der Waals surface area (Å²) in [5.41, 5.74) is 0. The first-order chi connectivity index (χ1) is 5.54. The van der Waals surface area contributed by atoms with Gasteiger partial charge in [0.2, 0.25) is 0 Å². The Hall–Kier alpha value is 0.387. The number of quaternary nitrogens is 1. The van der Waals surface area contributed by atoms with Gasteiger partial charge < -0.3 is 26.2 Å². The van der Waals surface area contributed by atoms with Gasteiger partial charge in [0, 0.05) is 14.2 Å². The first-order valence-corrected chi connectivity index (χ1v) is 6.96. The summed E-state index contributed by atoms with van der Waals surface area (Å²) < 4.78 is 10.8. The quantitative estimate of drug-likeness (QED) is 0.486. The second-order valence-corrected chi connectivity index (χ2v) is 7.19. The Balaban J connectivity index is 0. The molecule has 82 valence electrons. The van der Waals surface area contributed by atoms with Gasteiger partial charge in [-0.1, -0.05) is 0 Å². The molecule has 0 bridgehead atoms. The Morgan fingerprint density at radius 3 is 1.92 bits per heavy atom. The van der Waals surface area contributed by atoms with Crippen molar-refractivity contribution in [1.29, 1.82) is 0 Å². The molecule has 13 heavy (non-hydrogen) atoms. The van der Waals surface area contributed by atoms with Crippen LogP contribution < -0.4 is 17.3 Å². The zero-order valence-electron chi connectivity index (χ0n) is 9.32. The molecule has 5 heteroatoms. The van der Waals surface area contributed by atoms with Crippen molar-refractivity contribution in [2.45, 2.75) is 19.0 Å². The molecule has 0 aromatic carbocycles. The standard InChI is InChI=1S/C8H21NO2Si.ClH/c1-9(2)7-6-8-12(5,10-3)11-4;/h6-8H2,1-5H3;1H. The summed E-state index contributed by atoms with van der Waals surface area (Å²) in [7, 11) is 6.05. The van der Waals surface area contributed by atoms with Crippen LogP contribution in [0.3, 0.4) is 0 Å². The number of nitrogens with one attached hydrogen (secondary N) is 1. The van der Waals surface area contributed by atoms with Crippen molar-refractivity contribution in [1.82, 2.24) is 0 Å². The van der Waals surface area contributed by atoms with E-state index in [0.29, 0.717) is 0 Å². The highest BCUT2D eigenvalue weighted by Gasteiger charge is 2.27. The molecular formula is C8H22ClNO2Si. The second-order valence-electron chi connectivity index (χ2n) is 3.60. The van der Waals surface area contributed by atoms with Crippen molar-refractivity contribution in [2.24, 2.45) is 0 Å². The fraction of sp³-hybridized carbons (Fsp3) is 1.00. The lowest BCUT2D eigenvalue weighted by Gasteiger charge is -2.22. The molecule has 0 fully saturated rings. The lowest BCUT2D eigenvalue weighted by molar-refractivity contribution is -0.858. The topological polar surface area (TPSA) is 22.9 Å². The molecule has 0 aromatic heterocycles. The number of hydrogen-bond acceptors (Lipinski definition) is 2. The van der Waals surface area contributed by atoms with Crippen LogP contribution in [0.5, 0.6) is 0 Å². The molecule has 0 radical (unpaired) electrons. The molecule has 0 saturated carbocycles. The van der Waals surface area contributed by atoms with Gasteiger partial charge in [-0.3, -0.25) is 0 Å².